The van der Waals surface area contributed by atoms with Crippen molar-refractivity contribution in [2.75, 3.05) is 6.61 Å². The molecule has 0 fully saturated rings. The summed E-state index contributed by atoms with van der Waals surface area (Å²) in [5, 5.41) is 3.43. The molecule has 1 heterocycles. The quantitative estimate of drug-likeness (QED) is 0.546. The van der Waals surface area contributed by atoms with E-state index in [9.17, 15) is 0 Å². The first kappa shape index (κ1) is 16.7. The van der Waals surface area contributed by atoms with Gasteiger partial charge in [-0.25, -0.2) is 4.98 Å². The van der Waals surface area contributed by atoms with Crippen LogP contribution in [0.15, 0.2) is 24.8 Å². The second kappa shape index (κ2) is 8.75. The Morgan fingerprint density at radius 1 is 1.30 bits per heavy atom. The van der Waals surface area contributed by atoms with Gasteiger partial charge in [-0.15, -0.1) is 6.58 Å². The van der Waals surface area contributed by atoms with Crippen LogP contribution in [0.25, 0.3) is 0 Å². The summed E-state index contributed by atoms with van der Waals surface area (Å²) in [7, 11) is 0. The van der Waals surface area contributed by atoms with Gasteiger partial charge in [-0.1, -0.05) is 33.8 Å². The predicted molar refractivity (Wildman–Crippen MR) is 85.2 cm³/mol. The second-order valence-corrected chi connectivity index (χ2v) is 5.71. The SMILES string of the molecule is C=CCCCOc1cc(CNC(C)C)cc(C(C)C)n1. The van der Waals surface area contributed by atoms with Crippen LogP contribution in [0.2, 0.25) is 0 Å². The molecule has 20 heavy (non-hydrogen) atoms. The molecule has 0 aliphatic heterocycles. The van der Waals surface area contributed by atoms with Crippen molar-refractivity contribution >= 4 is 0 Å². The number of nitrogens with zero attached hydrogens (tertiary/aromatic N) is 1. The Morgan fingerprint density at radius 3 is 2.65 bits per heavy atom. The highest BCUT2D eigenvalue weighted by Gasteiger charge is 2.07. The first-order valence-corrected chi connectivity index (χ1v) is 7.51. The van der Waals surface area contributed by atoms with E-state index in [1.54, 1.807) is 0 Å². The zero-order valence-electron chi connectivity index (χ0n) is 13.3. The molecule has 1 N–H and O–H groups in total. The number of hydrogen-bond donors (Lipinski definition) is 1. The lowest BCUT2D eigenvalue weighted by atomic mass is 10.1. The number of pyridine rings is 1. The monoisotopic (exact) mass is 276 g/mol. The van der Waals surface area contributed by atoms with E-state index in [1.165, 1.54) is 5.56 Å². The van der Waals surface area contributed by atoms with Gasteiger partial charge in [0.15, 0.2) is 0 Å². The zero-order chi connectivity index (χ0) is 15.0. The van der Waals surface area contributed by atoms with Gasteiger partial charge in [-0.2, -0.15) is 0 Å². The third-order valence-corrected chi connectivity index (χ3v) is 2.99. The Balaban J connectivity index is 2.73. The Labute approximate surface area is 123 Å². The maximum atomic E-state index is 5.76. The van der Waals surface area contributed by atoms with Crippen LogP contribution >= 0.6 is 0 Å². The normalized spacial score (nSPS) is 11.1. The van der Waals surface area contributed by atoms with E-state index in [4.69, 9.17) is 4.74 Å². The Bertz CT molecular complexity index is 413. The molecule has 0 aliphatic rings. The average Bonchev–Trinajstić information content (AvgIpc) is 2.41. The van der Waals surface area contributed by atoms with E-state index in [0.717, 1.165) is 31.0 Å². The maximum Gasteiger partial charge on any atom is 0.213 e. The molecule has 3 heteroatoms. The molecule has 1 rings (SSSR count). The van der Waals surface area contributed by atoms with Crippen molar-refractivity contribution in [3.63, 3.8) is 0 Å². The van der Waals surface area contributed by atoms with Crippen LogP contribution in [-0.2, 0) is 6.54 Å². The van der Waals surface area contributed by atoms with Gasteiger partial charge >= 0.3 is 0 Å². The van der Waals surface area contributed by atoms with Crippen molar-refractivity contribution in [3.05, 3.63) is 36.0 Å². The van der Waals surface area contributed by atoms with E-state index >= 15 is 0 Å². The Morgan fingerprint density at radius 2 is 2.05 bits per heavy atom. The van der Waals surface area contributed by atoms with Crippen LogP contribution in [0.4, 0.5) is 0 Å². The molecule has 1 aromatic heterocycles. The number of hydrogen-bond acceptors (Lipinski definition) is 3. The molecule has 1 aromatic rings. The number of ether oxygens (including phenoxy) is 1. The smallest absolute Gasteiger partial charge is 0.213 e. The number of allylic oxidation sites excluding steroid dienone is 1. The molecule has 0 radical (unpaired) electrons. The summed E-state index contributed by atoms with van der Waals surface area (Å²) in [4.78, 5) is 4.58. The molecule has 0 aliphatic carbocycles. The van der Waals surface area contributed by atoms with Gasteiger partial charge in [0.2, 0.25) is 5.88 Å². The number of unbranched alkanes of at least 4 members (excludes halogenated alkanes) is 1. The molecule has 0 amide bonds. The van der Waals surface area contributed by atoms with Gasteiger partial charge in [0.1, 0.15) is 0 Å². The highest BCUT2D eigenvalue weighted by atomic mass is 16.5. The lowest BCUT2D eigenvalue weighted by molar-refractivity contribution is 0.298. The standard InChI is InChI=1S/C17H28N2O/c1-6-7-8-9-20-17-11-15(12-18-14(4)5)10-16(19-17)13(2)3/h6,10-11,13-14,18H,1,7-9,12H2,2-5H3. The van der Waals surface area contributed by atoms with E-state index in [-0.39, 0.29) is 0 Å². The van der Waals surface area contributed by atoms with Crippen LogP contribution < -0.4 is 10.1 Å². The van der Waals surface area contributed by atoms with Gasteiger partial charge in [0.05, 0.1) is 6.61 Å². The number of aromatic nitrogens is 1. The largest absolute Gasteiger partial charge is 0.478 e. The van der Waals surface area contributed by atoms with Gasteiger partial charge < -0.3 is 10.1 Å². The first-order valence-electron chi connectivity index (χ1n) is 7.51. The molecule has 0 spiro atoms. The van der Waals surface area contributed by atoms with Gasteiger partial charge in [-0.05, 0) is 30.4 Å². The molecule has 0 aromatic carbocycles. The lowest BCUT2D eigenvalue weighted by Crippen LogP contribution is -2.22. The highest BCUT2D eigenvalue weighted by Crippen LogP contribution is 2.19. The molecular weight excluding hydrogens is 248 g/mol. The molecule has 0 saturated heterocycles. The summed E-state index contributed by atoms with van der Waals surface area (Å²) < 4.78 is 5.76. The Kier molecular flexibility index (Phi) is 7.31. The van der Waals surface area contributed by atoms with Crippen molar-refractivity contribution in [1.29, 1.82) is 0 Å². The average molecular weight is 276 g/mol. The van der Waals surface area contributed by atoms with Crippen LogP contribution in [0.5, 0.6) is 5.88 Å². The van der Waals surface area contributed by atoms with Crippen molar-refractivity contribution in [2.45, 2.75) is 59.0 Å². The maximum absolute atomic E-state index is 5.76. The minimum absolute atomic E-state index is 0.407. The fourth-order valence-corrected chi connectivity index (χ4v) is 1.78. The molecule has 0 saturated carbocycles. The fourth-order valence-electron chi connectivity index (χ4n) is 1.78. The van der Waals surface area contributed by atoms with E-state index < -0.39 is 0 Å². The van der Waals surface area contributed by atoms with Gasteiger partial charge in [0.25, 0.3) is 0 Å². The van der Waals surface area contributed by atoms with E-state index in [1.807, 2.05) is 12.1 Å². The molecule has 0 unspecified atom stereocenters. The highest BCUT2D eigenvalue weighted by molar-refractivity contribution is 5.26. The van der Waals surface area contributed by atoms with Crippen LogP contribution in [-0.4, -0.2) is 17.6 Å². The minimum atomic E-state index is 0.407. The summed E-state index contributed by atoms with van der Waals surface area (Å²) in [6.07, 6.45) is 3.88. The lowest BCUT2D eigenvalue weighted by Gasteiger charge is -2.13. The first-order chi connectivity index (χ1) is 9.52. The third kappa shape index (κ3) is 6.20. The molecule has 0 bridgehead atoms. The Hall–Kier alpha value is -1.35. The van der Waals surface area contributed by atoms with Crippen LogP contribution in [0, 0.1) is 0 Å². The van der Waals surface area contributed by atoms with Gasteiger partial charge in [-0.3, -0.25) is 0 Å². The summed E-state index contributed by atoms with van der Waals surface area (Å²) in [6, 6.07) is 4.67. The molecule has 112 valence electrons. The molecule has 3 nitrogen and oxygen atoms in total. The van der Waals surface area contributed by atoms with E-state index in [2.05, 4.69) is 50.6 Å². The topological polar surface area (TPSA) is 34.1 Å². The molecule has 0 atom stereocenters. The summed E-state index contributed by atoms with van der Waals surface area (Å²) >= 11 is 0. The van der Waals surface area contributed by atoms with E-state index in [0.29, 0.717) is 18.6 Å². The fraction of sp³-hybridized carbons (Fsp3) is 0.588. The summed E-state index contributed by atoms with van der Waals surface area (Å²) in [5.74, 6) is 1.14. The van der Waals surface area contributed by atoms with Crippen molar-refractivity contribution in [2.24, 2.45) is 0 Å². The molecular formula is C17H28N2O. The van der Waals surface area contributed by atoms with Gasteiger partial charge in [0, 0.05) is 24.3 Å². The van der Waals surface area contributed by atoms with Crippen LogP contribution in [0.1, 0.15) is 57.7 Å². The van der Waals surface area contributed by atoms with Crippen molar-refractivity contribution in [3.8, 4) is 5.88 Å². The third-order valence-electron chi connectivity index (χ3n) is 2.99. The minimum Gasteiger partial charge on any atom is -0.478 e. The predicted octanol–water partition coefficient (Wildman–Crippen LogP) is 4.05. The van der Waals surface area contributed by atoms with Crippen LogP contribution in [0.3, 0.4) is 0 Å². The van der Waals surface area contributed by atoms with Crippen molar-refractivity contribution in [1.82, 2.24) is 10.3 Å². The zero-order valence-corrected chi connectivity index (χ0v) is 13.3. The second-order valence-electron chi connectivity index (χ2n) is 5.71. The summed E-state index contributed by atoms with van der Waals surface area (Å²) in [6.45, 7) is 13.9. The number of nitrogens with one attached hydrogen (secondary N) is 1. The summed E-state index contributed by atoms with van der Waals surface area (Å²) in [5.41, 5.74) is 2.32. The number of rotatable bonds is 9. The van der Waals surface area contributed by atoms with Crippen molar-refractivity contribution < 1.29 is 4.74 Å².